The van der Waals surface area contributed by atoms with Crippen molar-refractivity contribution >= 4 is 17.6 Å². The summed E-state index contributed by atoms with van der Waals surface area (Å²) in [5.74, 6) is 1.24. The first-order chi connectivity index (χ1) is 13.2. The zero-order valence-electron chi connectivity index (χ0n) is 16.0. The van der Waals surface area contributed by atoms with Gasteiger partial charge in [0.2, 0.25) is 5.91 Å². The third-order valence-corrected chi connectivity index (χ3v) is 4.89. The molecule has 2 heterocycles. The van der Waals surface area contributed by atoms with Crippen LogP contribution >= 0.6 is 0 Å². The number of anilines is 1. The molecule has 1 fully saturated rings. The second-order valence-corrected chi connectivity index (χ2v) is 6.87. The molecule has 0 bridgehead atoms. The van der Waals surface area contributed by atoms with Crippen LogP contribution in [0.3, 0.4) is 0 Å². The van der Waals surface area contributed by atoms with Crippen molar-refractivity contribution < 1.29 is 4.79 Å². The van der Waals surface area contributed by atoms with Gasteiger partial charge in [0.15, 0.2) is 5.96 Å². The van der Waals surface area contributed by atoms with Crippen molar-refractivity contribution in [2.75, 3.05) is 31.5 Å². The Hall–Kier alpha value is -2.83. The highest BCUT2D eigenvalue weighted by Crippen LogP contribution is 2.27. The number of hydrogen-bond donors (Lipinski definition) is 2. The van der Waals surface area contributed by atoms with E-state index in [1.165, 1.54) is 0 Å². The van der Waals surface area contributed by atoms with Crippen molar-refractivity contribution in [3.05, 3.63) is 49.1 Å². The number of hydrogen-bond acceptors (Lipinski definition) is 3. The van der Waals surface area contributed by atoms with Gasteiger partial charge < -0.3 is 20.1 Å². The van der Waals surface area contributed by atoms with E-state index in [4.69, 9.17) is 0 Å². The van der Waals surface area contributed by atoms with Gasteiger partial charge in [0.05, 0.1) is 12.4 Å². The SMILES string of the molecule is CCNC(=NCC(=O)Nc1ccccc1)N1CCC(C)C(n2ccnc2)C1. The molecule has 3 rings (SSSR count). The standard InChI is InChI=1S/C20H28N6O/c1-3-22-20(23-13-19(27)24-17-7-5-4-6-8-17)25-11-9-16(2)18(14-25)26-12-10-21-15-26/h4-8,10,12,15-16,18H,3,9,11,13-14H2,1-2H3,(H,22,23)(H,24,27). The van der Waals surface area contributed by atoms with Gasteiger partial charge in [-0.1, -0.05) is 25.1 Å². The lowest BCUT2D eigenvalue weighted by Crippen LogP contribution is -2.49. The molecule has 0 spiro atoms. The van der Waals surface area contributed by atoms with Gasteiger partial charge in [-0.25, -0.2) is 9.98 Å². The summed E-state index contributed by atoms with van der Waals surface area (Å²) < 4.78 is 2.17. The van der Waals surface area contributed by atoms with Gasteiger partial charge in [0, 0.05) is 37.7 Å². The largest absolute Gasteiger partial charge is 0.357 e. The lowest BCUT2D eigenvalue weighted by Gasteiger charge is -2.39. The van der Waals surface area contributed by atoms with Crippen LogP contribution in [0.15, 0.2) is 54.0 Å². The van der Waals surface area contributed by atoms with Gasteiger partial charge in [0.1, 0.15) is 6.54 Å². The van der Waals surface area contributed by atoms with Crippen LogP contribution < -0.4 is 10.6 Å². The Labute approximate surface area is 160 Å². The smallest absolute Gasteiger partial charge is 0.246 e. The van der Waals surface area contributed by atoms with Crippen LogP contribution in [-0.2, 0) is 4.79 Å². The maximum absolute atomic E-state index is 12.2. The molecular formula is C20H28N6O. The highest BCUT2D eigenvalue weighted by molar-refractivity contribution is 5.94. The Morgan fingerprint density at radius 1 is 1.33 bits per heavy atom. The normalized spacial score (nSPS) is 20.4. The molecule has 27 heavy (non-hydrogen) atoms. The summed E-state index contributed by atoms with van der Waals surface area (Å²) in [5.41, 5.74) is 0.787. The van der Waals surface area contributed by atoms with Crippen molar-refractivity contribution in [2.24, 2.45) is 10.9 Å². The van der Waals surface area contributed by atoms with Gasteiger partial charge in [-0.05, 0) is 31.4 Å². The first-order valence-corrected chi connectivity index (χ1v) is 9.53. The van der Waals surface area contributed by atoms with Crippen molar-refractivity contribution in [3.8, 4) is 0 Å². The molecule has 7 nitrogen and oxygen atoms in total. The fraction of sp³-hybridized carbons (Fsp3) is 0.450. The number of nitrogens with one attached hydrogen (secondary N) is 2. The molecule has 0 saturated carbocycles. The Bertz CT molecular complexity index is 743. The van der Waals surface area contributed by atoms with Crippen LogP contribution in [0, 0.1) is 5.92 Å². The summed E-state index contributed by atoms with van der Waals surface area (Å²) >= 11 is 0. The van der Waals surface area contributed by atoms with E-state index in [9.17, 15) is 4.79 Å². The molecular weight excluding hydrogens is 340 g/mol. The molecule has 2 aromatic rings. The summed E-state index contributed by atoms with van der Waals surface area (Å²) in [5, 5.41) is 6.20. The number of guanidine groups is 1. The maximum atomic E-state index is 12.2. The Balaban J connectivity index is 1.65. The number of likely N-dealkylation sites (tertiary alicyclic amines) is 1. The summed E-state index contributed by atoms with van der Waals surface area (Å²) in [6.45, 7) is 6.96. The highest BCUT2D eigenvalue weighted by Gasteiger charge is 2.28. The first-order valence-electron chi connectivity index (χ1n) is 9.53. The predicted octanol–water partition coefficient (Wildman–Crippen LogP) is 2.37. The van der Waals surface area contributed by atoms with Gasteiger partial charge in [-0.15, -0.1) is 0 Å². The molecule has 1 aliphatic rings. The monoisotopic (exact) mass is 368 g/mol. The number of carbonyl (C=O) groups is 1. The number of aliphatic imine (C=N–C) groups is 1. The van der Waals surface area contributed by atoms with Gasteiger partial charge in [-0.2, -0.15) is 0 Å². The van der Waals surface area contributed by atoms with Crippen LogP contribution in [0.25, 0.3) is 0 Å². The number of para-hydroxylation sites is 1. The number of piperidine rings is 1. The Morgan fingerprint density at radius 3 is 2.85 bits per heavy atom. The zero-order valence-corrected chi connectivity index (χ0v) is 16.0. The number of rotatable bonds is 5. The molecule has 2 N–H and O–H groups in total. The second-order valence-electron chi connectivity index (χ2n) is 6.87. The van der Waals surface area contributed by atoms with Gasteiger partial charge >= 0.3 is 0 Å². The van der Waals surface area contributed by atoms with Crippen LogP contribution in [-0.4, -0.2) is 52.5 Å². The number of amides is 1. The quantitative estimate of drug-likeness (QED) is 0.628. The molecule has 144 valence electrons. The third kappa shape index (κ3) is 5.09. The van der Waals surface area contributed by atoms with Crippen LogP contribution in [0.1, 0.15) is 26.3 Å². The summed E-state index contributed by atoms with van der Waals surface area (Å²) in [4.78, 5) is 23.2. The molecule has 1 amide bonds. The predicted molar refractivity (Wildman–Crippen MR) is 108 cm³/mol. The number of nitrogens with zero attached hydrogens (tertiary/aromatic N) is 4. The minimum Gasteiger partial charge on any atom is -0.357 e. The molecule has 7 heteroatoms. The molecule has 0 aliphatic carbocycles. The van der Waals surface area contributed by atoms with Gasteiger partial charge in [-0.3, -0.25) is 4.79 Å². The Kier molecular flexibility index (Phi) is 6.46. The molecule has 1 saturated heterocycles. The fourth-order valence-electron chi connectivity index (χ4n) is 3.39. The summed E-state index contributed by atoms with van der Waals surface area (Å²) in [6.07, 6.45) is 6.78. The first kappa shape index (κ1) is 18.9. The fourth-order valence-corrected chi connectivity index (χ4v) is 3.39. The highest BCUT2D eigenvalue weighted by atomic mass is 16.1. The molecule has 2 unspecified atom stereocenters. The average molecular weight is 368 g/mol. The number of benzene rings is 1. The van der Waals surface area contributed by atoms with E-state index in [2.05, 4.69) is 37.0 Å². The molecule has 1 aliphatic heterocycles. The van der Waals surface area contributed by atoms with E-state index in [1.807, 2.05) is 56.0 Å². The maximum Gasteiger partial charge on any atom is 0.246 e. The number of carbonyl (C=O) groups excluding carboxylic acids is 1. The third-order valence-electron chi connectivity index (χ3n) is 4.89. The van der Waals surface area contributed by atoms with E-state index in [0.29, 0.717) is 12.0 Å². The molecule has 1 aromatic carbocycles. The minimum absolute atomic E-state index is 0.0963. The van der Waals surface area contributed by atoms with Crippen molar-refractivity contribution in [1.82, 2.24) is 19.8 Å². The van der Waals surface area contributed by atoms with E-state index in [-0.39, 0.29) is 12.5 Å². The van der Waals surface area contributed by atoms with Crippen LogP contribution in [0.4, 0.5) is 5.69 Å². The second kappa shape index (κ2) is 9.21. The average Bonchev–Trinajstić information content (AvgIpc) is 3.21. The Morgan fingerprint density at radius 2 is 2.15 bits per heavy atom. The van der Waals surface area contributed by atoms with E-state index >= 15 is 0 Å². The number of imidazole rings is 1. The van der Waals surface area contributed by atoms with Gasteiger partial charge in [0.25, 0.3) is 0 Å². The van der Waals surface area contributed by atoms with Crippen LogP contribution in [0.5, 0.6) is 0 Å². The van der Waals surface area contributed by atoms with Crippen molar-refractivity contribution in [3.63, 3.8) is 0 Å². The lowest BCUT2D eigenvalue weighted by atomic mass is 9.93. The summed E-state index contributed by atoms with van der Waals surface area (Å²) in [7, 11) is 0. The molecule has 1 aromatic heterocycles. The summed E-state index contributed by atoms with van der Waals surface area (Å²) in [6, 6.07) is 9.81. The molecule has 2 atom stereocenters. The zero-order chi connectivity index (χ0) is 19.1. The number of aromatic nitrogens is 2. The van der Waals surface area contributed by atoms with E-state index in [1.54, 1.807) is 0 Å². The van der Waals surface area contributed by atoms with Crippen molar-refractivity contribution in [1.29, 1.82) is 0 Å². The topological polar surface area (TPSA) is 74.6 Å². The van der Waals surface area contributed by atoms with Crippen molar-refractivity contribution in [2.45, 2.75) is 26.3 Å². The minimum atomic E-state index is -0.117. The molecule has 0 radical (unpaired) electrons. The lowest BCUT2D eigenvalue weighted by molar-refractivity contribution is -0.114. The van der Waals surface area contributed by atoms with E-state index in [0.717, 1.165) is 37.7 Å². The van der Waals surface area contributed by atoms with Crippen LogP contribution in [0.2, 0.25) is 0 Å². The van der Waals surface area contributed by atoms with E-state index < -0.39 is 0 Å².